The first-order valence-electron chi connectivity index (χ1n) is 6.24. The van der Waals surface area contributed by atoms with Crippen LogP contribution in [0.25, 0.3) is 0 Å². The van der Waals surface area contributed by atoms with Gasteiger partial charge in [0.05, 0.1) is 17.2 Å². The summed E-state index contributed by atoms with van der Waals surface area (Å²) in [5.74, 6) is -0.612. The van der Waals surface area contributed by atoms with Gasteiger partial charge in [0, 0.05) is 5.02 Å². The fourth-order valence-corrected chi connectivity index (χ4v) is 1.99. The zero-order chi connectivity index (χ0) is 14.7. The number of ether oxygens (including phenoxy) is 1. The second-order valence-corrected chi connectivity index (χ2v) is 5.05. The topological polar surface area (TPSA) is 26.3 Å². The molecular formula is C16H14ClFO2. The van der Waals surface area contributed by atoms with Crippen LogP contribution in [0.15, 0.2) is 42.5 Å². The Morgan fingerprint density at radius 2 is 1.85 bits per heavy atom. The van der Waals surface area contributed by atoms with Crippen molar-refractivity contribution in [2.45, 2.75) is 20.0 Å². The van der Waals surface area contributed by atoms with Crippen LogP contribution in [0.5, 0.6) is 5.75 Å². The molecule has 2 rings (SSSR count). The molecule has 0 N–H and O–H groups in total. The lowest BCUT2D eigenvalue weighted by molar-refractivity contribution is 0.102. The van der Waals surface area contributed by atoms with Crippen LogP contribution in [0.2, 0.25) is 5.02 Å². The van der Waals surface area contributed by atoms with Crippen molar-refractivity contribution < 1.29 is 13.9 Å². The van der Waals surface area contributed by atoms with E-state index in [1.54, 1.807) is 24.3 Å². The average Bonchev–Trinajstić information content (AvgIpc) is 2.38. The number of carbonyl (C=O) groups excluding carboxylic acids is 1. The molecule has 2 aromatic rings. The van der Waals surface area contributed by atoms with E-state index in [2.05, 4.69) is 0 Å². The minimum absolute atomic E-state index is 0.0193. The van der Waals surface area contributed by atoms with Gasteiger partial charge in [0.25, 0.3) is 0 Å². The van der Waals surface area contributed by atoms with Crippen molar-refractivity contribution >= 4 is 17.4 Å². The average molecular weight is 293 g/mol. The summed E-state index contributed by atoms with van der Waals surface area (Å²) in [6, 6.07) is 10.8. The molecule has 0 spiro atoms. The molecule has 0 heterocycles. The zero-order valence-corrected chi connectivity index (χ0v) is 11.9. The van der Waals surface area contributed by atoms with Gasteiger partial charge in [0.1, 0.15) is 11.6 Å². The summed E-state index contributed by atoms with van der Waals surface area (Å²) in [5.41, 5.74) is 0.316. The Hall–Kier alpha value is -1.87. The number of ketones is 1. The van der Waals surface area contributed by atoms with Crippen LogP contribution >= 0.6 is 11.6 Å². The molecule has 0 aromatic heterocycles. The summed E-state index contributed by atoms with van der Waals surface area (Å²) in [6.45, 7) is 3.73. The van der Waals surface area contributed by atoms with Gasteiger partial charge in [-0.15, -0.1) is 0 Å². The van der Waals surface area contributed by atoms with Crippen molar-refractivity contribution in [3.63, 3.8) is 0 Å². The maximum Gasteiger partial charge on any atom is 0.199 e. The van der Waals surface area contributed by atoms with E-state index in [1.165, 1.54) is 12.1 Å². The molecule has 2 aromatic carbocycles. The number of halogens is 2. The van der Waals surface area contributed by atoms with Gasteiger partial charge in [-0.25, -0.2) is 4.39 Å². The van der Waals surface area contributed by atoms with Gasteiger partial charge in [0.15, 0.2) is 5.78 Å². The van der Waals surface area contributed by atoms with Crippen LogP contribution in [0, 0.1) is 5.82 Å². The minimum Gasteiger partial charge on any atom is -0.490 e. The molecule has 20 heavy (non-hydrogen) atoms. The highest BCUT2D eigenvalue weighted by Gasteiger charge is 2.18. The Morgan fingerprint density at radius 3 is 2.50 bits per heavy atom. The van der Waals surface area contributed by atoms with Crippen LogP contribution in [-0.2, 0) is 0 Å². The van der Waals surface area contributed by atoms with Crippen LogP contribution in [0.1, 0.15) is 29.8 Å². The number of rotatable bonds is 4. The van der Waals surface area contributed by atoms with Crippen molar-refractivity contribution in [1.82, 2.24) is 0 Å². The van der Waals surface area contributed by atoms with E-state index in [0.717, 1.165) is 6.07 Å². The molecule has 4 heteroatoms. The third-order valence-electron chi connectivity index (χ3n) is 2.67. The maximum atomic E-state index is 13.8. The quantitative estimate of drug-likeness (QED) is 0.776. The standard InChI is InChI=1S/C16H14ClFO2/c1-10(2)20-15-6-4-3-5-13(15)16(19)12-8-7-11(17)9-14(12)18/h3-10H,1-2H3. The lowest BCUT2D eigenvalue weighted by Gasteiger charge is -2.13. The Balaban J connectivity index is 2.43. The Morgan fingerprint density at radius 1 is 1.15 bits per heavy atom. The highest BCUT2D eigenvalue weighted by Crippen LogP contribution is 2.24. The van der Waals surface area contributed by atoms with E-state index < -0.39 is 11.6 Å². The number of hydrogen-bond donors (Lipinski definition) is 0. The van der Waals surface area contributed by atoms with Crippen LogP contribution < -0.4 is 4.74 Å². The number of para-hydroxylation sites is 1. The summed E-state index contributed by atoms with van der Waals surface area (Å²) in [4.78, 5) is 12.4. The van der Waals surface area contributed by atoms with Crippen LogP contribution in [0.4, 0.5) is 4.39 Å². The van der Waals surface area contributed by atoms with Gasteiger partial charge in [-0.1, -0.05) is 23.7 Å². The molecule has 0 aliphatic rings. The maximum absolute atomic E-state index is 13.8. The molecule has 0 bridgehead atoms. The zero-order valence-electron chi connectivity index (χ0n) is 11.2. The van der Waals surface area contributed by atoms with E-state index >= 15 is 0 Å². The highest BCUT2D eigenvalue weighted by molar-refractivity contribution is 6.30. The Kier molecular flexibility index (Phi) is 4.40. The van der Waals surface area contributed by atoms with Gasteiger partial charge in [-0.05, 0) is 44.2 Å². The van der Waals surface area contributed by atoms with E-state index in [-0.39, 0.29) is 16.7 Å². The molecular weight excluding hydrogens is 279 g/mol. The third-order valence-corrected chi connectivity index (χ3v) is 2.91. The normalized spacial score (nSPS) is 10.7. The lowest BCUT2D eigenvalue weighted by Crippen LogP contribution is -2.11. The fraction of sp³-hybridized carbons (Fsp3) is 0.188. The van der Waals surface area contributed by atoms with Crippen molar-refractivity contribution in [3.8, 4) is 5.75 Å². The first-order chi connectivity index (χ1) is 9.49. The largest absolute Gasteiger partial charge is 0.490 e. The third kappa shape index (κ3) is 3.17. The van der Waals surface area contributed by atoms with Gasteiger partial charge in [-0.3, -0.25) is 4.79 Å². The second kappa shape index (κ2) is 6.06. The molecule has 0 fully saturated rings. The van der Waals surface area contributed by atoms with Crippen molar-refractivity contribution in [2.75, 3.05) is 0 Å². The van der Waals surface area contributed by atoms with Crippen LogP contribution in [-0.4, -0.2) is 11.9 Å². The molecule has 0 aliphatic carbocycles. The van der Waals surface area contributed by atoms with Crippen LogP contribution in [0.3, 0.4) is 0 Å². The van der Waals surface area contributed by atoms with E-state index in [4.69, 9.17) is 16.3 Å². The SMILES string of the molecule is CC(C)Oc1ccccc1C(=O)c1ccc(Cl)cc1F. The lowest BCUT2D eigenvalue weighted by atomic mass is 10.0. The molecule has 2 nitrogen and oxygen atoms in total. The number of hydrogen-bond acceptors (Lipinski definition) is 2. The molecule has 0 aliphatic heterocycles. The molecule has 0 saturated carbocycles. The van der Waals surface area contributed by atoms with Gasteiger partial charge >= 0.3 is 0 Å². The predicted octanol–water partition coefficient (Wildman–Crippen LogP) is 4.50. The molecule has 0 amide bonds. The summed E-state index contributed by atoms with van der Waals surface area (Å²) in [6.07, 6.45) is -0.0704. The molecule has 0 radical (unpaired) electrons. The Bertz CT molecular complexity index is 638. The van der Waals surface area contributed by atoms with E-state index in [1.807, 2.05) is 13.8 Å². The monoisotopic (exact) mass is 292 g/mol. The number of benzene rings is 2. The van der Waals surface area contributed by atoms with E-state index in [0.29, 0.717) is 11.3 Å². The summed E-state index contributed by atoms with van der Waals surface area (Å²) >= 11 is 5.69. The first kappa shape index (κ1) is 14.5. The fourth-order valence-electron chi connectivity index (χ4n) is 1.83. The van der Waals surface area contributed by atoms with E-state index in [9.17, 15) is 9.18 Å². The summed E-state index contributed by atoms with van der Waals surface area (Å²) in [5, 5.41) is 0.255. The molecule has 104 valence electrons. The number of carbonyl (C=O) groups is 1. The molecule has 0 unspecified atom stereocenters. The smallest absolute Gasteiger partial charge is 0.199 e. The Labute approximate surface area is 122 Å². The van der Waals surface area contributed by atoms with Gasteiger partial charge in [0.2, 0.25) is 0 Å². The second-order valence-electron chi connectivity index (χ2n) is 4.62. The molecule has 0 atom stereocenters. The summed E-state index contributed by atoms with van der Waals surface area (Å²) in [7, 11) is 0. The van der Waals surface area contributed by atoms with Crippen molar-refractivity contribution in [1.29, 1.82) is 0 Å². The highest BCUT2D eigenvalue weighted by atomic mass is 35.5. The van der Waals surface area contributed by atoms with Crippen molar-refractivity contribution in [3.05, 3.63) is 64.4 Å². The summed E-state index contributed by atoms with van der Waals surface area (Å²) < 4.78 is 19.4. The predicted molar refractivity (Wildman–Crippen MR) is 77.0 cm³/mol. The minimum atomic E-state index is -0.637. The van der Waals surface area contributed by atoms with Gasteiger partial charge < -0.3 is 4.74 Å². The first-order valence-corrected chi connectivity index (χ1v) is 6.62. The van der Waals surface area contributed by atoms with Crippen molar-refractivity contribution in [2.24, 2.45) is 0 Å². The molecule has 0 saturated heterocycles. The van der Waals surface area contributed by atoms with Gasteiger partial charge in [-0.2, -0.15) is 0 Å².